The van der Waals surface area contributed by atoms with Crippen molar-refractivity contribution in [1.82, 2.24) is 0 Å². The van der Waals surface area contributed by atoms with Crippen molar-refractivity contribution in [2.24, 2.45) is 0 Å². The van der Waals surface area contributed by atoms with E-state index in [9.17, 15) is 4.39 Å². The normalized spacial score (nSPS) is 12.5. The molecular formula is C12H16BrFO2. The van der Waals surface area contributed by atoms with Crippen molar-refractivity contribution >= 4 is 15.9 Å². The van der Waals surface area contributed by atoms with Gasteiger partial charge in [0.2, 0.25) is 0 Å². The zero-order valence-corrected chi connectivity index (χ0v) is 11.1. The number of methoxy groups -OCH3 is 1. The minimum Gasteiger partial charge on any atom is -0.491 e. The van der Waals surface area contributed by atoms with E-state index in [4.69, 9.17) is 9.47 Å². The minimum atomic E-state index is -0.272. The molecule has 0 heterocycles. The van der Waals surface area contributed by atoms with Gasteiger partial charge in [0.25, 0.3) is 0 Å². The molecule has 1 aromatic rings. The Labute approximate surface area is 104 Å². The Morgan fingerprint density at radius 1 is 1.38 bits per heavy atom. The van der Waals surface area contributed by atoms with Crippen LogP contribution in [-0.2, 0) is 10.1 Å². The van der Waals surface area contributed by atoms with Gasteiger partial charge in [0.05, 0.1) is 6.10 Å². The van der Waals surface area contributed by atoms with Crippen LogP contribution in [0.15, 0.2) is 18.2 Å². The van der Waals surface area contributed by atoms with Crippen molar-refractivity contribution < 1.29 is 13.9 Å². The summed E-state index contributed by atoms with van der Waals surface area (Å²) < 4.78 is 23.7. The molecule has 1 aromatic carbocycles. The van der Waals surface area contributed by atoms with Gasteiger partial charge in [-0.3, -0.25) is 0 Å². The Bertz CT molecular complexity index is 331. The summed E-state index contributed by atoms with van der Waals surface area (Å²) in [7, 11) is 1.65. The fourth-order valence-corrected chi connectivity index (χ4v) is 1.66. The number of halogens is 2. The lowest BCUT2D eigenvalue weighted by Crippen LogP contribution is -2.14. The van der Waals surface area contributed by atoms with Gasteiger partial charge in [0.15, 0.2) is 0 Å². The molecule has 4 heteroatoms. The van der Waals surface area contributed by atoms with Gasteiger partial charge in [0, 0.05) is 31.5 Å². The van der Waals surface area contributed by atoms with Crippen LogP contribution in [0.1, 0.15) is 18.9 Å². The van der Waals surface area contributed by atoms with Crippen molar-refractivity contribution in [3.05, 3.63) is 29.6 Å². The summed E-state index contributed by atoms with van der Waals surface area (Å²) in [6, 6.07) is 4.72. The SMILES string of the molecule is COCCC(C)Oc1cc(F)cc(CBr)c1. The van der Waals surface area contributed by atoms with Crippen LogP contribution in [0.4, 0.5) is 4.39 Å². The van der Waals surface area contributed by atoms with Crippen molar-refractivity contribution in [2.45, 2.75) is 24.8 Å². The average molecular weight is 291 g/mol. The molecule has 0 aliphatic rings. The van der Waals surface area contributed by atoms with Crippen LogP contribution in [-0.4, -0.2) is 19.8 Å². The van der Waals surface area contributed by atoms with Crippen molar-refractivity contribution in [3.63, 3.8) is 0 Å². The van der Waals surface area contributed by atoms with Crippen LogP contribution in [0, 0.1) is 5.82 Å². The lowest BCUT2D eigenvalue weighted by atomic mass is 10.2. The third-order valence-electron chi connectivity index (χ3n) is 2.15. The topological polar surface area (TPSA) is 18.5 Å². The minimum absolute atomic E-state index is 0.0184. The van der Waals surface area contributed by atoms with Crippen LogP contribution >= 0.6 is 15.9 Å². The maximum atomic E-state index is 13.2. The Kier molecular flexibility index (Phi) is 5.77. The summed E-state index contributed by atoms with van der Waals surface area (Å²) in [4.78, 5) is 0. The second-order valence-corrected chi connectivity index (χ2v) is 4.20. The molecule has 0 aromatic heterocycles. The van der Waals surface area contributed by atoms with E-state index in [0.29, 0.717) is 17.7 Å². The van der Waals surface area contributed by atoms with E-state index in [1.807, 2.05) is 13.0 Å². The Balaban J connectivity index is 2.61. The molecule has 0 spiro atoms. The fraction of sp³-hybridized carbons (Fsp3) is 0.500. The van der Waals surface area contributed by atoms with Gasteiger partial charge >= 0.3 is 0 Å². The van der Waals surface area contributed by atoms with Crippen LogP contribution in [0.3, 0.4) is 0 Å². The standard InChI is InChI=1S/C12H16BrFO2/c1-9(3-4-15-2)16-12-6-10(8-13)5-11(14)7-12/h5-7,9H,3-4,8H2,1-2H3. The molecule has 16 heavy (non-hydrogen) atoms. The number of rotatable bonds is 6. The van der Waals surface area contributed by atoms with E-state index in [1.165, 1.54) is 12.1 Å². The maximum absolute atomic E-state index is 13.2. The summed E-state index contributed by atoms with van der Waals surface area (Å²) in [6.07, 6.45) is 0.807. The molecule has 0 aliphatic heterocycles. The molecule has 90 valence electrons. The molecule has 0 aliphatic carbocycles. The maximum Gasteiger partial charge on any atom is 0.127 e. The smallest absolute Gasteiger partial charge is 0.127 e. The number of ether oxygens (including phenoxy) is 2. The largest absolute Gasteiger partial charge is 0.491 e. The highest BCUT2D eigenvalue weighted by molar-refractivity contribution is 9.08. The molecule has 0 N–H and O–H groups in total. The molecule has 0 fully saturated rings. The van der Waals surface area contributed by atoms with E-state index in [2.05, 4.69) is 15.9 Å². The van der Waals surface area contributed by atoms with E-state index in [0.717, 1.165) is 12.0 Å². The molecule has 0 saturated carbocycles. The molecule has 1 rings (SSSR count). The van der Waals surface area contributed by atoms with E-state index in [-0.39, 0.29) is 11.9 Å². The highest BCUT2D eigenvalue weighted by Gasteiger charge is 2.06. The van der Waals surface area contributed by atoms with E-state index in [1.54, 1.807) is 7.11 Å². The summed E-state index contributed by atoms with van der Waals surface area (Å²) in [6.45, 7) is 2.58. The van der Waals surface area contributed by atoms with Crippen LogP contribution in [0.5, 0.6) is 5.75 Å². The first-order chi connectivity index (χ1) is 7.65. The molecule has 0 saturated heterocycles. The van der Waals surface area contributed by atoms with Crippen LogP contribution in [0.2, 0.25) is 0 Å². The first kappa shape index (κ1) is 13.5. The van der Waals surface area contributed by atoms with Crippen molar-refractivity contribution in [2.75, 3.05) is 13.7 Å². The zero-order chi connectivity index (χ0) is 12.0. The first-order valence-corrected chi connectivity index (χ1v) is 6.29. The van der Waals surface area contributed by atoms with Gasteiger partial charge < -0.3 is 9.47 Å². The third-order valence-corrected chi connectivity index (χ3v) is 2.80. The van der Waals surface area contributed by atoms with Gasteiger partial charge in [-0.15, -0.1) is 0 Å². The van der Waals surface area contributed by atoms with Gasteiger partial charge in [-0.25, -0.2) is 4.39 Å². The fourth-order valence-electron chi connectivity index (χ4n) is 1.34. The Hall–Kier alpha value is -0.610. The van der Waals surface area contributed by atoms with Crippen LogP contribution < -0.4 is 4.74 Å². The number of hydrogen-bond acceptors (Lipinski definition) is 2. The monoisotopic (exact) mass is 290 g/mol. The summed E-state index contributed by atoms with van der Waals surface area (Å²) in [5.41, 5.74) is 0.869. The molecule has 2 nitrogen and oxygen atoms in total. The summed E-state index contributed by atoms with van der Waals surface area (Å²) in [5, 5.41) is 0.619. The van der Waals surface area contributed by atoms with Gasteiger partial charge in [-0.2, -0.15) is 0 Å². The second-order valence-electron chi connectivity index (χ2n) is 3.64. The molecule has 1 atom stereocenters. The molecule has 0 bridgehead atoms. The molecular weight excluding hydrogens is 275 g/mol. The van der Waals surface area contributed by atoms with Crippen molar-refractivity contribution in [1.29, 1.82) is 0 Å². The van der Waals surface area contributed by atoms with Crippen molar-refractivity contribution in [3.8, 4) is 5.75 Å². The highest BCUT2D eigenvalue weighted by atomic mass is 79.9. The average Bonchev–Trinajstić information content (AvgIpc) is 2.25. The lowest BCUT2D eigenvalue weighted by molar-refractivity contribution is 0.135. The van der Waals surface area contributed by atoms with Gasteiger partial charge in [-0.1, -0.05) is 15.9 Å². The Morgan fingerprint density at radius 3 is 2.75 bits per heavy atom. The number of alkyl halides is 1. The molecule has 1 unspecified atom stereocenters. The summed E-state index contributed by atoms with van der Waals surface area (Å²) in [5.74, 6) is 0.295. The number of hydrogen-bond donors (Lipinski definition) is 0. The van der Waals surface area contributed by atoms with E-state index >= 15 is 0 Å². The molecule has 0 radical (unpaired) electrons. The molecule has 0 amide bonds. The summed E-state index contributed by atoms with van der Waals surface area (Å²) >= 11 is 3.29. The Morgan fingerprint density at radius 2 is 2.12 bits per heavy atom. The second kappa shape index (κ2) is 6.86. The van der Waals surface area contributed by atoms with Gasteiger partial charge in [-0.05, 0) is 24.6 Å². The van der Waals surface area contributed by atoms with Crippen LogP contribution in [0.25, 0.3) is 0 Å². The zero-order valence-electron chi connectivity index (χ0n) is 9.50. The third kappa shape index (κ3) is 4.49. The lowest BCUT2D eigenvalue weighted by Gasteiger charge is -2.14. The number of benzene rings is 1. The van der Waals surface area contributed by atoms with Gasteiger partial charge in [0.1, 0.15) is 11.6 Å². The quantitative estimate of drug-likeness (QED) is 0.747. The highest BCUT2D eigenvalue weighted by Crippen LogP contribution is 2.20. The van der Waals surface area contributed by atoms with E-state index < -0.39 is 0 Å². The predicted octanol–water partition coefficient (Wildman–Crippen LogP) is 3.52. The predicted molar refractivity (Wildman–Crippen MR) is 65.6 cm³/mol. The first-order valence-electron chi connectivity index (χ1n) is 5.16.